The molecule has 0 bridgehead atoms. The van der Waals surface area contributed by atoms with E-state index in [1.165, 1.54) is 88.5 Å². The summed E-state index contributed by atoms with van der Waals surface area (Å²) < 4.78 is 33.2. The van der Waals surface area contributed by atoms with E-state index in [0.29, 0.717) is 96.2 Å². The van der Waals surface area contributed by atoms with Gasteiger partial charge in [-0.2, -0.15) is 0 Å². The van der Waals surface area contributed by atoms with Crippen molar-refractivity contribution in [3.05, 3.63) is 34.4 Å². The molecule has 0 saturated heterocycles. The van der Waals surface area contributed by atoms with Crippen molar-refractivity contribution in [3.8, 4) is 5.75 Å². The molecule has 0 aliphatic carbocycles. The number of nitro benzene ring substituents is 1. The van der Waals surface area contributed by atoms with E-state index in [2.05, 4.69) is 88.8 Å². The number of nitrogens with zero attached hydrogens (tertiary/aromatic N) is 5. The minimum Gasteiger partial charge on any atom is -0.465 e. The van der Waals surface area contributed by atoms with Gasteiger partial charge in [0.1, 0.15) is 24.6 Å². The Kier molecular flexibility index (Phi) is 65.9. The number of carbonyl (C=O) groups excluding carboxylic acids is 4. The molecule has 1 aromatic rings. The predicted octanol–water partition coefficient (Wildman–Crippen LogP) is 16.2. The van der Waals surface area contributed by atoms with Gasteiger partial charge in [0.15, 0.2) is 0 Å². The van der Waals surface area contributed by atoms with Crippen molar-refractivity contribution in [2.45, 2.75) is 287 Å². The summed E-state index contributed by atoms with van der Waals surface area (Å²) in [6, 6.07) is 5.27. The summed E-state index contributed by atoms with van der Waals surface area (Å²) in [7, 11) is 0. The van der Waals surface area contributed by atoms with Gasteiger partial charge in [-0.1, -0.05) is 185 Å². The van der Waals surface area contributed by atoms with Crippen molar-refractivity contribution < 1.29 is 67.8 Å². The first-order valence-electron chi connectivity index (χ1n) is 37.6. The number of aliphatic hydroxyl groups excluding tert-OH is 3. The molecule has 0 spiro atoms. The van der Waals surface area contributed by atoms with Crippen LogP contribution in [-0.4, -0.2) is 194 Å². The molecule has 4 atom stereocenters. The Balaban J connectivity index is 0. The van der Waals surface area contributed by atoms with E-state index >= 15 is 0 Å². The van der Waals surface area contributed by atoms with E-state index in [1.807, 2.05) is 0 Å². The highest BCUT2D eigenvalue weighted by Gasteiger charge is 2.21. The van der Waals surface area contributed by atoms with Crippen LogP contribution < -0.4 is 4.74 Å². The number of hydrogen-bond acceptors (Lipinski definition) is 19. The van der Waals surface area contributed by atoms with Crippen molar-refractivity contribution >= 4 is 29.9 Å². The number of ether oxygens (including phenoxy) is 6. The Hall–Kier alpha value is -4.18. The Morgan fingerprint density at radius 1 is 0.404 bits per heavy atom. The molecular formula is C74H141N5O15. The molecule has 0 aliphatic rings. The second-order valence-electron chi connectivity index (χ2n) is 25.2. The molecule has 0 amide bonds. The Morgan fingerprint density at radius 3 is 1.11 bits per heavy atom. The third-order valence-electron chi connectivity index (χ3n) is 17.3. The molecule has 0 radical (unpaired) electrons. The number of unbranched alkanes of at least 4 members (excludes halogenated alkanes) is 14. The van der Waals surface area contributed by atoms with Crippen molar-refractivity contribution in [1.29, 1.82) is 0 Å². The van der Waals surface area contributed by atoms with Gasteiger partial charge in [-0.3, -0.25) is 29.5 Å². The molecule has 0 saturated carbocycles. The molecule has 0 aliphatic heterocycles. The third-order valence-corrected chi connectivity index (χ3v) is 17.3. The minimum atomic E-state index is -0.844. The van der Waals surface area contributed by atoms with E-state index in [9.17, 15) is 34.4 Å². The lowest BCUT2D eigenvalue weighted by molar-refractivity contribution is -0.384. The highest BCUT2D eigenvalue weighted by molar-refractivity contribution is 5.69. The molecule has 0 fully saturated rings. The average molecular weight is 1340 g/mol. The number of rotatable bonds is 61. The SMILES string of the molecule is CCCCCCC(CCCC)COC(=O)CCCC(CCCCCC)OC(=O)OCCN(CCO)CCN(CC)CC.CCCCCCC(CCCC)COC(=O)CCCC(CCCCCC)OC(=O)Oc1ccc([N+](=O)[O-])cc1.CCN(CC)CCN(CCO)CCO. The zero-order valence-corrected chi connectivity index (χ0v) is 61.5. The fourth-order valence-corrected chi connectivity index (χ4v) is 11.0. The summed E-state index contributed by atoms with van der Waals surface area (Å²) in [6.45, 7) is 33.5. The first-order valence-corrected chi connectivity index (χ1v) is 37.6. The Morgan fingerprint density at radius 2 is 0.745 bits per heavy atom. The lowest BCUT2D eigenvalue weighted by Crippen LogP contribution is -2.38. The maximum absolute atomic E-state index is 12.5. The first-order chi connectivity index (χ1) is 45.6. The molecule has 0 aromatic heterocycles. The first kappa shape index (κ1) is 91.9. The number of non-ortho nitro benzene ring substituents is 1. The number of nitro groups is 1. The zero-order chi connectivity index (χ0) is 70.1. The fraction of sp³-hybridized carbons (Fsp3) is 0.865. The maximum atomic E-state index is 12.5. The molecule has 0 heterocycles. The molecular weight excluding hydrogens is 1200 g/mol. The second kappa shape index (κ2) is 67.4. The fourth-order valence-electron chi connectivity index (χ4n) is 11.0. The van der Waals surface area contributed by atoms with Crippen molar-refractivity contribution in [1.82, 2.24) is 19.6 Å². The van der Waals surface area contributed by atoms with Crippen LogP contribution in [0.1, 0.15) is 275 Å². The second-order valence-corrected chi connectivity index (χ2v) is 25.2. The Labute approximate surface area is 572 Å². The van der Waals surface area contributed by atoms with Crippen LogP contribution in [0.25, 0.3) is 0 Å². The maximum Gasteiger partial charge on any atom is 0.514 e. The van der Waals surface area contributed by atoms with Gasteiger partial charge in [-0.15, -0.1) is 0 Å². The zero-order valence-electron chi connectivity index (χ0n) is 61.5. The van der Waals surface area contributed by atoms with E-state index < -0.39 is 17.2 Å². The van der Waals surface area contributed by atoms with Crippen LogP contribution >= 0.6 is 0 Å². The van der Waals surface area contributed by atoms with Crippen LogP contribution in [0.4, 0.5) is 15.3 Å². The van der Waals surface area contributed by atoms with E-state index in [4.69, 9.17) is 38.6 Å². The molecule has 1 rings (SSSR count). The van der Waals surface area contributed by atoms with E-state index in [-0.39, 0.29) is 62.0 Å². The molecule has 20 nitrogen and oxygen atoms in total. The van der Waals surface area contributed by atoms with Crippen LogP contribution in [0.3, 0.4) is 0 Å². The van der Waals surface area contributed by atoms with Crippen LogP contribution in [-0.2, 0) is 33.3 Å². The summed E-state index contributed by atoms with van der Waals surface area (Å²) in [5, 5.41) is 37.8. The lowest BCUT2D eigenvalue weighted by atomic mass is 9.96. The van der Waals surface area contributed by atoms with Crippen molar-refractivity contribution in [2.24, 2.45) is 11.8 Å². The van der Waals surface area contributed by atoms with Crippen LogP contribution in [0.5, 0.6) is 5.75 Å². The van der Waals surface area contributed by atoms with Gasteiger partial charge in [0.25, 0.3) is 5.69 Å². The molecule has 3 N–H and O–H groups in total. The smallest absolute Gasteiger partial charge is 0.465 e. The highest BCUT2D eigenvalue weighted by atomic mass is 16.7. The van der Waals surface area contributed by atoms with E-state index in [0.717, 1.165) is 149 Å². The summed E-state index contributed by atoms with van der Waals surface area (Å²) in [5.74, 6) is 0.728. The van der Waals surface area contributed by atoms with Gasteiger partial charge < -0.3 is 53.5 Å². The number of aliphatic hydroxyl groups is 3. The molecule has 4 unspecified atom stereocenters. The van der Waals surface area contributed by atoms with Gasteiger partial charge in [-0.05, 0) is 127 Å². The van der Waals surface area contributed by atoms with Gasteiger partial charge in [0.2, 0.25) is 0 Å². The summed E-state index contributed by atoms with van der Waals surface area (Å²) in [4.78, 5) is 68.9. The molecule has 552 valence electrons. The van der Waals surface area contributed by atoms with Crippen LogP contribution in [0.15, 0.2) is 24.3 Å². The number of likely N-dealkylation sites (N-methyl/N-ethyl adjacent to an activating group) is 2. The standard InChI is InChI=1S/C34H68N2O6.C30H49NO7.C10H24N2O2/c1-6-11-14-16-20-31(19-13-8-3)30-41-33(38)23-18-22-32(21-17-15-12-7-2)42-34(39)40-29-27-36(26-28-37)25-24-35(9-4)10-5;1-4-7-10-12-16-25(15-9-6-3)24-36-29(32)19-14-18-27(17-13-11-8-5-2)37-30(33)38-28-22-20-26(21-23-28)31(34)35;1-3-11(4-2)5-6-12(7-9-13)8-10-14/h31-32,37H,6-30H2,1-5H3;20-23,25,27H,4-19,24H2,1-3H3;13-14H,3-10H2,1-2H3. The number of esters is 2. The van der Waals surface area contributed by atoms with Gasteiger partial charge in [0.05, 0.1) is 38.0 Å². The average Bonchev–Trinajstić information content (AvgIpc) is 2.60. The Bertz CT molecular complexity index is 1870. The summed E-state index contributed by atoms with van der Waals surface area (Å²) in [6.07, 6.45) is 30.0. The van der Waals surface area contributed by atoms with Gasteiger partial charge in [0, 0.05) is 77.3 Å². The number of benzene rings is 1. The minimum absolute atomic E-state index is 0.0727. The predicted molar refractivity (Wildman–Crippen MR) is 381 cm³/mol. The highest BCUT2D eigenvalue weighted by Crippen LogP contribution is 2.23. The van der Waals surface area contributed by atoms with Crippen LogP contribution in [0.2, 0.25) is 0 Å². The quantitative estimate of drug-likeness (QED) is 0.0137. The third kappa shape index (κ3) is 55.9. The number of carbonyl (C=O) groups is 4. The molecule has 94 heavy (non-hydrogen) atoms. The topological polar surface area (TPSA) is 240 Å². The van der Waals surface area contributed by atoms with Crippen LogP contribution in [0, 0.1) is 22.0 Å². The summed E-state index contributed by atoms with van der Waals surface area (Å²) in [5.41, 5.74) is -0.0837. The lowest BCUT2D eigenvalue weighted by Gasteiger charge is -2.25. The van der Waals surface area contributed by atoms with Gasteiger partial charge in [-0.25, -0.2) is 9.59 Å². The number of hydrogen-bond donors (Lipinski definition) is 3. The normalized spacial score (nSPS) is 12.6. The summed E-state index contributed by atoms with van der Waals surface area (Å²) >= 11 is 0. The molecule has 20 heteroatoms. The van der Waals surface area contributed by atoms with E-state index in [1.54, 1.807) is 0 Å². The monoisotopic (exact) mass is 1340 g/mol. The van der Waals surface area contributed by atoms with Crippen molar-refractivity contribution in [2.75, 3.05) is 118 Å². The van der Waals surface area contributed by atoms with Crippen molar-refractivity contribution in [3.63, 3.8) is 0 Å². The largest absolute Gasteiger partial charge is 0.514 e. The van der Waals surface area contributed by atoms with Gasteiger partial charge >= 0.3 is 24.2 Å². The molecule has 1 aromatic carbocycles.